The second-order valence-corrected chi connectivity index (χ2v) is 6.14. The molecule has 1 amide bonds. The number of rotatable bonds is 2. The summed E-state index contributed by atoms with van der Waals surface area (Å²) in [5.74, 6) is -0.110. The van der Waals surface area contributed by atoms with Gasteiger partial charge < -0.3 is 16.0 Å². The molecule has 2 saturated heterocycles. The highest BCUT2D eigenvalue weighted by Crippen LogP contribution is 2.27. The maximum absolute atomic E-state index is 12.3. The van der Waals surface area contributed by atoms with Crippen LogP contribution in [0.15, 0.2) is 18.2 Å². The minimum Gasteiger partial charge on any atom is -0.397 e. The molecule has 0 saturated carbocycles. The van der Waals surface area contributed by atoms with Crippen LogP contribution < -0.4 is 11.1 Å². The largest absolute Gasteiger partial charge is 0.397 e. The lowest BCUT2D eigenvalue weighted by Gasteiger charge is -2.35. The molecule has 2 aliphatic heterocycles. The van der Waals surface area contributed by atoms with E-state index in [1.807, 2.05) is 0 Å². The average molecular weight is 294 g/mol. The number of nitrogens with zero attached hydrogens (tertiary/aromatic N) is 1. The van der Waals surface area contributed by atoms with E-state index in [2.05, 4.69) is 10.2 Å². The summed E-state index contributed by atoms with van der Waals surface area (Å²) in [6.07, 6.45) is 4.60. The number of hydrogen-bond acceptors (Lipinski definition) is 3. The molecule has 2 unspecified atom stereocenters. The van der Waals surface area contributed by atoms with E-state index in [0.717, 1.165) is 19.4 Å². The first-order valence-corrected chi connectivity index (χ1v) is 7.62. The van der Waals surface area contributed by atoms with E-state index in [-0.39, 0.29) is 11.9 Å². The van der Waals surface area contributed by atoms with Crippen LogP contribution in [0.4, 0.5) is 5.69 Å². The molecule has 0 spiro atoms. The summed E-state index contributed by atoms with van der Waals surface area (Å²) in [7, 11) is 0. The van der Waals surface area contributed by atoms with Gasteiger partial charge in [-0.05, 0) is 44.4 Å². The van der Waals surface area contributed by atoms with Crippen molar-refractivity contribution in [2.45, 2.75) is 37.8 Å². The van der Waals surface area contributed by atoms with E-state index < -0.39 is 0 Å². The van der Waals surface area contributed by atoms with E-state index in [4.69, 9.17) is 17.3 Å². The second kappa shape index (κ2) is 5.62. The van der Waals surface area contributed by atoms with Crippen molar-refractivity contribution in [1.29, 1.82) is 0 Å². The highest BCUT2D eigenvalue weighted by molar-refractivity contribution is 6.33. The van der Waals surface area contributed by atoms with Crippen molar-refractivity contribution in [2.24, 2.45) is 0 Å². The van der Waals surface area contributed by atoms with Gasteiger partial charge in [0, 0.05) is 18.6 Å². The summed E-state index contributed by atoms with van der Waals surface area (Å²) in [4.78, 5) is 14.9. The molecule has 1 aromatic carbocycles. The molecule has 2 heterocycles. The zero-order chi connectivity index (χ0) is 14.1. The highest BCUT2D eigenvalue weighted by Gasteiger charge is 2.32. The average Bonchev–Trinajstić information content (AvgIpc) is 2.89. The molecule has 108 valence electrons. The van der Waals surface area contributed by atoms with E-state index in [0.29, 0.717) is 22.3 Å². The number of benzene rings is 1. The molecule has 3 N–H and O–H groups in total. The van der Waals surface area contributed by atoms with Crippen molar-refractivity contribution in [2.75, 3.05) is 18.8 Å². The summed E-state index contributed by atoms with van der Waals surface area (Å²) in [6.45, 7) is 2.30. The molecule has 2 fully saturated rings. The first-order chi connectivity index (χ1) is 9.65. The number of amides is 1. The lowest BCUT2D eigenvalue weighted by molar-refractivity contribution is 0.0897. The molecular formula is C15H20ClN3O. The Hall–Kier alpha value is -1.26. The summed E-state index contributed by atoms with van der Waals surface area (Å²) in [5, 5.41) is 3.55. The third-order valence-corrected chi connectivity index (χ3v) is 4.78. The van der Waals surface area contributed by atoms with Crippen LogP contribution in [0.5, 0.6) is 0 Å². The third kappa shape index (κ3) is 2.63. The molecule has 2 atom stereocenters. The van der Waals surface area contributed by atoms with Gasteiger partial charge in [-0.1, -0.05) is 17.7 Å². The Morgan fingerprint density at radius 2 is 2.20 bits per heavy atom. The Bertz CT molecular complexity index is 520. The van der Waals surface area contributed by atoms with E-state index in [1.165, 1.54) is 19.4 Å². The number of carbonyl (C=O) groups is 1. The fourth-order valence-electron chi connectivity index (χ4n) is 3.35. The number of anilines is 1. The van der Waals surface area contributed by atoms with Crippen molar-refractivity contribution in [3.05, 3.63) is 28.8 Å². The number of halogens is 1. The maximum atomic E-state index is 12.3. The Morgan fingerprint density at radius 3 is 3.05 bits per heavy atom. The topological polar surface area (TPSA) is 58.4 Å². The van der Waals surface area contributed by atoms with Crippen molar-refractivity contribution in [3.8, 4) is 0 Å². The summed E-state index contributed by atoms with van der Waals surface area (Å²) in [5.41, 5.74) is 6.72. The molecule has 5 heteroatoms. The van der Waals surface area contributed by atoms with Crippen molar-refractivity contribution in [1.82, 2.24) is 10.2 Å². The quantitative estimate of drug-likeness (QED) is 0.823. The van der Waals surface area contributed by atoms with Crippen molar-refractivity contribution in [3.63, 3.8) is 0 Å². The molecule has 3 rings (SSSR count). The number of nitrogens with two attached hydrogens (primary N) is 1. The van der Waals surface area contributed by atoms with Gasteiger partial charge >= 0.3 is 0 Å². The minimum absolute atomic E-state index is 0.110. The standard InChI is InChI=1S/C15H20ClN3O/c16-13-5-1-4-12(14(13)17)15(20)18-10-6-8-19-7-2-3-11(19)9-10/h1,4-5,10-11H,2-3,6-9,17H2,(H,18,20). The fourth-order valence-corrected chi connectivity index (χ4v) is 3.53. The van der Waals surface area contributed by atoms with Crippen molar-refractivity contribution < 1.29 is 4.79 Å². The number of carbonyl (C=O) groups excluding carboxylic acids is 1. The number of nitrogens with one attached hydrogen (secondary N) is 1. The van der Waals surface area contributed by atoms with Gasteiger partial charge in [0.05, 0.1) is 16.3 Å². The van der Waals surface area contributed by atoms with Crippen molar-refractivity contribution >= 4 is 23.2 Å². The number of fused-ring (bicyclic) bond motifs is 1. The monoisotopic (exact) mass is 293 g/mol. The Kier molecular flexibility index (Phi) is 3.85. The fraction of sp³-hybridized carbons (Fsp3) is 0.533. The second-order valence-electron chi connectivity index (χ2n) is 5.73. The lowest BCUT2D eigenvalue weighted by Crippen LogP contribution is -2.47. The van der Waals surface area contributed by atoms with Crippen LogP contribution in [0.1, 0.15) is 36.0 Å². The molecule has 1 aromatic rings. The highest BCUT2D eigenvalue weighted by atomic mass is 35.5. The SMILES string of the molecule is Nc1c(Cl)cccc1C(=O)NC1CCN2CCCC2C1. The zero-order valence-electron chi connectivity index (χ0n) is 11.4. The number of piperidine rings is 1. The molecule has 4 nitrogen and oxygen atoms in total. The Morgan fingerprint density at radius 1 is 1.35 bits per heavy atom. The van der Waals surface area contributed by atoms with Gasteiger partial charge in [-0.15, -0.1) is 0 Å². The van der Waals surface area contributed by atoms with Gasteiger partial charge in [-0.2, -0.15) is 0 Å². The van der Waals surface area contributed by atoms with Crippen LogP contribution in [-0.4, -0.2) is 36.0 Å². The van der Waals surface area contributed by atoms with Gasteiger partial charge in [-0.3, -0.25) is 4.79 Å². The first kappa shape index (κ1) is 13.7. The molecule has 0 radical (unpaired) electrons. The summed E-state index contributed by atoms with van der Waals surface area (Å²) < 4.78 is 0. The van der Waals surface area contributed by atoms with Gasteiger partial charge in [0.15, 0.2) is 0 Å². The van der Waals surface area contributed by atoms with E-state index in [1.54, 1.807) is 18.2 Å². The van der Waals surface area contributed by atoms with Crippen LogP contribution in [0.3, 0.4) is 0 Å². The van der Waals surface area contributed by atoms with Gasteiger partial charge in [0.2, 0.25) is 0 Å². The minimum atomic E-state index is -0.110. The van der Waals surface area contributed by atoms with Gasteiger partial charge in [-0.25, -0.2) is 0 Å². The predicted molar refractivity (Wildman–Crippen MR) is 80.9 cm³/mol. The van der Waals surface area contributed by atoms with Crippen LogP contribution in [-0.2, 0) is 0 Å². The number of para-hydroxylation sites is 1. The molecule has 2 aliphatic rings. The van der Waals surface area contributed by atoms with E-state index in [9.17, 15) is 4.79 Å². The summed E-state index contributed by atoms with van der Waals surface area (Å²) in [6, 6.07) is 6.07. The molecule has 0 aliphatic carbocycles. The van der Waals surface area contributed by atoms with Crippen LogP contribution >= 0.6 is 11.6 Å². The lowest BCUT2D eigenvalue weighted by atomic mass is 9.97. The van der Waals surface area contributed by atoms with Crippen LogP contribution in [0.2, 0.25) is 5.02 Å². The first-order valence-electron chi connectivity index (χ1n) is 7.24. The molecule has 0 bridgehead atoms. The Balaban J connectivity index is 1.65. The molecule has 0 aromatic heterocycles. The third-order valence-electron chi connectivity index (χ3n) is 4.45. The number of nitrogen functional groups attached to an aromatic ring is 1. The summed E-state index contributed by atoms with van der Waals surface area (Å²) >= 11 is 5.96. The number of hydrogen-bond donors (Lipinski definition) is 2. The smallest absolute Gasteiger partial charge is 0.253 e. The van der Waals surface area contributed by atoms with Crippen LogP contribution in [0.25, 0.3) is 0 Å². The Labute approximate surface area is 124 Å². The van der Waals surface area contributed by atoms with Gasteiger partial charge in [0.25, 0.3) is 5.91 Å². The molecular weight excluding hydrogens is 274 g/mol. The van der Waals surface area contributed by atoms with Crippen LogP contribution in [0, 0.1) is 0 Å². The predicted octanol–water partition coefficient (Wildman–Crippen LogP) is 2.28. The van der Waals surface area contributed by atoms with E-state index >= 15 is 0 Å². The maximum Gasteiger partial charge on any atom is 0.253 e. The normalized spacial score (nSPS) is 26.2. The zero-order valence-corrected chi connectivity index (χ0v) is 12.2. The van der Waals surface area contributed by atoms with Gasteiger partial charge in [0.1, 0.15) is 0 Å². The molecule has 20 heavy (non-hydrogen) atoms.